The summed E-state index contributed by atoms with van der Waals surface area (Å²) in [6.07, 6.45) is 8.29. The summed E-state index contributed by atoms with van der Waals surface area (Å²) in [5, 5.41) is 16.5. The van der Waals surface area contributed by atoms with Gasteiger partial charge in [0, 0.05) is 17.8 Å². The third kappa shape index (κ3) is 5.01. The number of aliphatic hydroxyl groups is 1. The van der Waals surface area contributed by atoms with Gasteiger partial charge in [-0.1, -0.05) is 18.2 Å². The van der Waals surface area contributed by atoms with Crippen LogP contribution in [0, 0.1) is 23.2 Å². The highest BCUT2D eigenvalue weighted by atomic mass is 16.7. The summed E-state index contributed by atoms with van der Waals surface area (Å²) in [5.41, 5.74) is 2.18. The first-order valence-electron chi connectivity index (χ1n) is 11.9. The Balaban J connectivity index is 1.28. The van der Waals surface area contributed by atoms with E-state index in [1.54, 1.807) is 6.08 Å². The van der Waals surface area contributed by atoms with E-state index in [9.17, 15) is 5.11 Å². The number of nitrogens with zero attached hydrogens (tertiary/aromatic N) is 1. The number of anilines is 1. The van der Waals surface area contributed by atoms with Gasteiger partial charge in [0.05, 0.1) is 19.8 Å². The molecular formula is C25H35N3O4. The summed E-state index contributed by atoms with van der Waals surface area (Å²) in [6.45, 7) is 5.92. The van der Waals surface area contributed by atoms with Gasteiger partial charge in [-0.3, -0.25) is 4.99 Å². The van der Waals surface area contributed by atoms with Gasteiger partial charge in [0.1, 0.15) is 0 Å². The number of guanidine groups is 1. The van der Waals surface area contributed by atoms with Crippen molar-refractivity contribution < 1.29 is 19.3 Å². The fraction of sp³-hybridized carbons (Fsp3) is 0.640. The summed E-state index contributed by atoms with van der Waals surface area (Å²) in [6, 6.07) is 7.91. The summed E-state index contributed by atoms with van der Waals surface area (Å²) >= 11 is 0. The van der Waals surface area contributed by atoms with Gasteiger partial charge in [-0.25, -0.2) is 0 Å². The molecule has 7 nitrogen and oxygen atoms in total. The van der Waals surface area contributed by atoms with Crippen molar-refractivity contribution in [2.24, 2.45) is 28.2 Å². The molecule has 0 aromatic heterocycles. The van der Waals surface area contributed by atoms with E-state index < -0.39 is 6.41 Å². The normalized spacial score (nSPS) is 32.8. The van der Waals surface area contributed by atoms with Gasteiger partial charge in [0.2, 0.25) is 6.41 Å². The molecule has 174 valence electrons. The Kier molecular flexibility index (Phi) is 6.51. The van der Waals surface area contributed by atoms with Crippen LogP contribution in [0.3, 0.4) is 0 Å². The Labute approximate surface area is 190 Å². The molecule has 1 saturated heterocycles. The lowest BCUT2D eigenvalue weighted by Crippen LogP contribution is -2.48. The van der Waals surface area contributed by atoms with Crippen molar-refractivity contribution in [1.29, 1.82) is 0 Å². The van der Waals surface area contributed by atoms with Gasteiger partial charge in [-0.15, -0.1) is 6.58 Å². The minimum absolute atomic E-state index is 0.256. The molecule has 1 atom stereocenters. The van der Waals surface area contributed by atoms with E-state index in [1.165, 1.54) is 38.5 Å². The molecule has 3 N–H and O–H groups in total. The highest BCUT2D eigenvalue weighted by Crippen LogP contribution is 2.60. The Morgan fingerprint density at radius 2 is 1.75 bits per heavy atom. The van der Waals surface area contributed by atoms with Crippen LogP contribution < -0.4 is 10.6 Å². The van der Waals surface area contributed by atoms with E-state index in [1.807, 2.05) is 24.3 Å². The Bertz CT molecular complexity index is 784. The second-order valence-corrected chi connectivity index (χ2v) is 10.0. The molecule has 5 aliphatic rings. The van der Waals surface area contributed by atoms with Crippen LogP contribution in [0.1, 0.15) is 50.4 Å². The first-order chi connectivity index (χ1) is 15.6. The minimum Gasteiger partial charge on any atom is -0.351 e. The van der Waals surface area contributed by atoms with Gasteiger partial charge >= 0.3 is 0 Å². The molecule has 0 amide bonds. The van der Waals surface area contributed by atoms with Crippen LogP contribution in [0.5, 0.6) is 0 Å². The van der Waals surface area contributed by atoms with E-state index in [2.05, 4.69) is 17.2 Å². The third-order valence-electron chi connectivity index (χ3n) is 7.44. The molecule has 1 aliphatic heterocycles. The lowest BCUT2D eigenvalue weighted by atomic mass is 9.49. The number of hydrogen-bond donors (Lipinski definition) is 3. The molecule has 0 radical (unpaired) electrons. The molecule has 4 aliphatic carbocycles. The van der Waals surface area contributed by atoms with Crippen molar-refractivity contribution in [2.45, 2.75) is 51.2 Å². The Morgan fingerprint density at radius 1 is 1.12 bits per heavy atom. The highest BCUT2D eigenvalue weighted by molar-refractivity contribution is 5.93. The Morgan fingerprint density at radius 3 is 2.34 bits per heavy atom. The van der Waals surface area contributed by atoms with Gasteiger partial charge in [0.15, 0.2) is 12.2 Å². The molecule has 7 heteroatoms. The van der Waals surface area contributed by atoms with Crippen LogP contribution in [-0.2, 0) is 14.2 Å². The SMILES string of the molecule is C=CCOC(O)N/C(=N\CC12CC3CC(CC(C3)C1)C2)Nc1ccc(C2OCCO2)cc1. The predicted molar refractivity (Wildman–Crippen MR) is 123 cm³/mol. The molecule has 5 fully saturated rings. The summed E-state index contributed by atoms with van der Waals surface area (Å²) in [5.74, 6) is 3.18. The average Bonchev–Trinajstić information content (AvgIpc) is 3.31. The van der Waals surface area contributed by atoms with E-state index in [-0.39, 0.29) is 12.9 Å². The number of benzene rings is 1. The van der Waals surface area contributed by atoms with Gasteiger partial charge in [0.25, 0.3) is 0 Å². The van der Waals surface area contributed by atoms with Crippen LogP contribution in [0.15, 0.2) is 41.9 Å². The van der Waals surface area contributed by atoms with Crippen molar-refractivity contribution in [3.63, 3.8) is 0 Å². The summed E-state index contributed by atoms with van der Waals surface area (Å²) in [4.78, 5) is 4.94. The average molecular weight is 442 g/mol. The number of ether oxygens (including phenoxy) is 3. The first-order valence-corrected chi connectivity index (χ1v) is 11.9. The molecule has 0 spiro atoms. The molecule has 4 bridgehead atoms. The highest BCUT2D eigenvalue weighted by Gasteiger charge is 2.50. The minimum atomic E-state index is -1.16. The number of hydrogen-bond acceptors (Lipinski definition) is 5. The molecule has 1 aromatic carbocycles. The van der Waals surface area contributed by atoms with Crippen LogP contribution in [0.25, 0.3) is 0 Å². The smallest absolute Gasteiger partial charge is 0.237 e. The largest absolute Gasteiger partial charge is 0.351 e. The fourth-order valence-corrected chi connectivity index (χ4v) is 6.58. The van der Waals surface area contributed by atoms with Crippen LogP contribution in [-0.4, -0.2) is 43.8 Å². The zero-order chi connectivity index (χ0) is 22.0. The van der Waals surface area contributed by atoms with Crippen molar-refractivity contribution >= 4 is 11.6 Å². The van der Waals surface area contributed by atoms with Crippen LogP contribution >= 0.6 is 0 Å². The van der Waals surface area contributed by atoms with Crippen LogP contribution in [0.2, 0.25) is 0 Å². The first kappa shape index (κ1) is 21.9. The van der Waals surface area contributed by atoms with E-state index in [0.717, 1.165) is 35.5 Å². The topological polar surface area (TPSA) is 84.3 Å². The van der Waals surface area contributed by atoms with Crippen LogP contribution in [0.4, 0.5) is 5.69 Å². The molecule has 4 saturated carbocycles. The number of nitrogens with one attached hydrogen (secondary N) is 2. The van der Waals surface area contributed by atoms with Crippen molar-refractivity contribution in [2.75, 3.05) is 31.7 Å². The summed E-state index contributed by atoms with van der Waals surface area (Å²) < 4.78 is 16.5. The van der Waals surface area contributed by atoms with Gasteiger partial charge in [-0.2, -0.15) is 0 Å². The number of rotatable bonds is 8. The zero-order valence-corrected chi connectivity index (χ0v) is 18.7. The molecule has 1 aromatic rings. The maximum Gasteiger partial charge on any atom is 0.237 e. The molecular weight excluding hydrogens is 406 g/mol. The second-order valence-electron chi connectivity index (χ2n) is 10.0. The fourth-order valence-electron chi connectivity index (χ4n) is 6.58. The Hall–Kier alpha value is -1.93. The monoisotopic (exact) mass is 441 g/mol. The predicted octanol–water partition coefficient (Wildman–Crippen LogP) is 3.78. The van der Waals surface area contributed by atoms with Crippen molar-refractivity contribution in [3.8, 4) is 0 Å². The third-order valence-corrected chi connectivity index (χ3v) is 7.44. The maximum absolute atomic E-state index is 10.2. The standard InChI is InChI=1S/C25H35N3O4/c1-2-7-32-24(29)28-23(27-21-5-3-20(4-6-21)22-30-8-9-31-22)26-16-25-13-17-10-18(14-25)12-19(11-17)15-25/h2-6,17-19,22,24,29H,1,7-16H2,(H2,26,27,28). The summed E-state index contributed by atoms with van der Waals surface area (Å²) in [7, 11) is 0. The lowest BCUT2D eigenvalue weighted by Gasteiger charge is -2.56. The quantitative estimate of drug-likeness (QED) is 0.246. The number of aliphatic hydroxyl groups excluding tert-OH is 1. The molecule has 1 heterocycles. The van der Waals surface area contributed by atoms with Gasteiger partial charge in [-0.05, 0) is 73.8 Å². The van der Waals surface area contributed by atoms with E-state index in [0.29, 0.717) is 24.6 Å². The van der Waals surface area contributed by atoms with E-state index >= 15 is 0 Å². The molecule has 1 unspecified atom stereocenters. The number of aliphatic imine (C=N–C) groups is 1. The molecule has 6 rings (SSSR count). The van der Waals surface area contributed by atoms with Crippen molar-refractivity contribution in [1.82, 2.24) is 5.32 Å². The zero-order valence-electron chi connectivity index (χ0n) is 18.7. The van der Waals surface area contributed by atoms with Gasteiger partial charge < -0.3 is 30.0 Å². The second kappa shape index (κ2) is 9.51. The maximum atomic E-state index is 10.2. The lowest BCUT2D eigenvalue weighted by molar-refractivity contribution is -0.0982. The molecule has 32 heavy (non-hydrogen) atoms. The van der Waals surface area contributed by atoms with E-state index in [4.69, 9.17) is 19.2 Å². The van der Waals surface area contributed by atoms with Crippen molar-refractivity contribution in [3.05, 3.63) is 42.5 Å².